The van der Waals surface area contributed by atoms with Gasteiger partial charge < -0.3 is 15.5 Å². The molecule has 5 heteroatoms. The highest BCUT2D eigenvalue weighted by Crippen LogP contribution is 2.16. The van der Waals surface area contributed by atoms with Crippen LogP contribution in [0.2, 0.25) is 0 Å². The van der Waals surface area contributed by atoms with Gasteiger partial charge in [0.15, 0.2) is 5.11 Å². The first kappa shape index (κ1) is 18.4. The Labute approximate surface area is 160 Å². The molecule has 1 heterocycles. The minimum Gasteiger partial charge on any atom is -0.360 e. The number of rotatable bonds is 3. The Hall–Kier alpha value is -2.40. The fraction of sp³-hybridized carbons (Fsp3) is 0.333. The summed E-state index contributed by atoms with van der Waals surface area (Å²) in [5.41, 5.74) is 4.27. The summed E-state index contributed by atoms with van der Waals surface area (Å²) >= 11 is 5.45. The number of piperidine rings is 1. The number of thiocarbonyl (C=S) groups is 1. The molecule has 1 aliphatic rings. The van der Waals surface area contributed by atoms with Gasteiger partial charge in [-0.05, 0) is 74.3 Å². The Balaban J connectivity index is 1.48. The molecule has 1 aliphatic heterocycles. The van der Waals surface area contributed by atoms with Gasteiger partial charge in [0.05, 0.1) is 0 Å². The van der Waals surface area contributed by atoms with E-state index in [0.717, 1.165) is 37.2 Å². The monoisotopic (exact) mass is 367 g/mol. The quantitative estimate of drug-likeness (QED) is 0.808. The van der Waals surface area contributed by atoms with E-state index in [1.807, 2.05) is 41.3 Å². The topological polar surface area (TPSA) is 44.4 Å². The van der Waals surface area contributed by atoms with Crippen molar-refractivity contribution in [2.75, 3.05) is 18.4 Å². The average molecular weight is 368 g/mol. The third-order valence-corrected chi connectivity index (χ3v) is 5.12. The molecule has 0 bridgehead atoms. The zero-order chi connectivity index (χ0) is 18.5. The summed E-state index contributed by atoms with van der Waals surface area (Å²) in [5, 5.41) is 7.28. The summed E-state index contributed by atoms with van der Waals surface area (Å²) in [6.45, 7) is 5.69. The molecule has 3 rings (SSSR count). The van der Waals surface area contributed by atoms with E-state index in [9.17, 15) is 4.79 Å². The molecule has 0 radical (unpaired) electrons. The normalized spacial score (nSPS) is 14.8. The predicted molar refractivity (Wildman–Crippen MR) is 111 cm³/mol. The number of carbonyl (C=O) groups excluding carboxylic acids is 1. The maximum atomic E-state index is 12.5. The van der Waals surface area contributed by atoms with Crippen LogP contribution >= 0.6 is 12.2 Å². The van der Waals surface area contributed by atoms with E-state index in [-0.39, 0.29) is 5.91 Å². The zero-order valence-corrected chi connectivity index (χ0v) is 16.1. The largest absolute Gasteiger partial charge is 0.360 e. The number of nitrogens with zero attached hydrogens (tertiary/aromatic N) is 1. The number of anilines is 1. The van der Waals surface area contributed by atoms with Gasteiger partial charge in [-0.2, -0.15) is 0 Å². The molecule has 0 atom stereocenters. The molecule has 26 heavy (non-hydrogen) atoms. The highest BCUT2D eigenvalue weighted by molar-refractivity contribution is 7.80. The first-order chi connectivity index (χ1) is 12.5. The van der Waals surface area contributed by atoms with Crippen molar-refractivity contribution in [1.82, 2.24) is 10.2 Å². The molecule has 1 fully saturated rings. The Bertz CT molecular complexity index is 783. The smallest absolute Gasteiger partial charge is 0.253 e. The van der Waals surface area contributed by atoms with Crippen LogP contribution in [0.5, 0.6) is 0 Å². The van der Waals surface area contributed by atoms with E-state index in [1.165, 1.54) is 11.1 Å². The van der Waals surface area contributed by atoms with Gasteiger partial charge in [0, 0.05) is 30.4 Å². The predicted octanol–water partition coefficient (Wildman–Crippen LogP) is 3.89. The second kappa shape index (κ2) is 8.32. The van der Waals surface area contributed by atoms with Crippen molar-refractivity contribution in [1.29, 1.82) is 0 Å². The van der Waals surface area contributed by atoms with Crippen LogP contribution < -0.4 is 10.6 Å². The van der Waals surface area contributed by atoms with Crippen LogP contribution in [0.25, 0.3) is 0 Å². The van der Waals surface area contributed by atoms with Crippen molar-refractivity contribution in [3.8, 4) is 0 Å². The van der Waals surface area contributed by atoms with Crippen molar-refractivity contribution in [3.05, 3.63) is 65.2 Å². The molecule has 136 valence electrons. The number of nitrogens with one attached hydrogen (secondary N) is 2. The molecule has 1 amide bonds. The minimum atomic E-state index is 0.111. The molecule has 2 aromatic rings. The van der Waals surface area contributed by atoms with E-state index >= 15 is 0 Å². The second-order valence-electron chi connectivity index (χ2n) is 6.83. The van der Waals surface area contributed by atoms with Crippen LogP contribution in [-0.2, 0) is 0 Å². The van der Waals surface area contributed by atoms with E-state index in [0.29, 0.717) is 11.2 Å². The molecule has 0 saturated carbocycles. The molecule has 2 N–H and O–H groups in total. The van der Waals surface area contributed by atoms with E-state index in [4.69, 9.17) is 12.2 Å². The van der Waals surface area contributed by atoms with Crippen molar-refractivity contribution >= 4 is 28.9 Å². The molecule has 0 aliphatic carbocycles. The van der Waals surface area contributed by atoms with Crippen LogP contribution in [0.1, 0.15) is 34.3 Å². The van der Waals surface area contributed by atoms with Gasteiger partial charge in [-0.3, -0.25) is 4.79 Å². The van der Waals surface area contributed by atoms with Gasteiger partial charge in [-0.25, -0.2) is 0 Å². The molecular formula is C21H25N3OS. The van der Waals surface area contributed by atoms with Crippen LogP contribution in [0.15, 0.2) is 48.5 Å². The van der Waals surface area contributed by atoms with E-state index in [2.05, 4.69) is 36.6 Å². The Morgan fingerprint density at radius 2 is 1.73 bits per heavy atom. The Morgan fingerprint density at radius 1 is 1.04 bits per heavy atom. The van der Waals surface area contributed by atoms with Crippen molar-refractivity contribution in [2.45, 2.75) is 32.7 Å². The molecule has 0 unspecified atom stereocenters. The van der Waals surface area contributed by atoms with Crippen molar-refractivity contribution < 1.29 is 4.79 Å². The maximum Gasteiger partial charge on any atom is 0.253 e. The summed E-state index contributed by atoms with van der Waals surface area (Å²) in [7, 11) is 0. The number of likely N-dealkylation sites (tertiary alicyclic amines) is 1. The zero-order valence-electron chi connectivity index (χ0n) is 15.3. The third kappa shape index (κ3) is 4.61. The first-order valence-corrected chi connectivity index (χ1v) is 9.43. The van der Waals surface area contributed by atoms with Gasteiger partial charge in [0.25, 0.3) is 5.91 Å². The summed E-state index contributed by atoms with van der Waals surface area (Å²) in [6, 6.07) is 16.0. The van der Waals surface area contributed by atoms with Gasteiger partial charge in [-0.15, -0.1) is 0 Å². The van der Waals surface area contributed by atoms with Crippen molar-refractivity contribution in [2.24, 2.45) is 0 Å². The Kier molecular flexibility index (Phi) is 5.89. The first-order valence-electron chi connectivity index (χ1n) is 9.02. The molecule has 0 aromatic heterocycles. The van der Waals surface area contributed by atoms with Crippen LogP contribution in [-0.4, -0.2) is 35.1 Å². The number of aryl methyl sites for hydroxylation is 2. The highest BCUT2D eigenvalue weighted by atomic mass is 32.1. The lowest BCUT2D eigenvalue weighted by atomic mass is 10.0. The SMILES string of the molecule is Cc1ccc(NC(=S)NC2CCN(C(=O)c3ccccc3)CC2)cc1C. The standard InChI is InChI=1S/C21H25N3OS/c1-15-8-9-19(14-16(15)2)23-21(26)22-18-10-12-24(13-11-18)20(25)17-6-4-3-5-7-17/h3-9,14,18H,10-13H2,1-2H3,(H2,22,23,26). The van der Waals surface area contributed by atoms with E-state index < -0.39 is 0 Å². The van der Waals surface area contributed by atoms with Gasteiger partial charge in [0.2, 0.25) is 0 Å². The van der Waals surface area contributed by atoms with Gasteiger partial charge >= 0.3 is 0 Å². The second-order valence-corrected chi connectivity index (χ2v) is 7.24. The number of hydrogen-bond donors (Lipinski definition) is 2. The Morgan fingerprint density at radius 3 is 2.38 bits per heavy atom. The fourth-order valence-corrected chi connectivity index (χ4v) is 3.45. The van der Waals surface area contributed by atoms with E-state index in [1.54, 1.807) is 0 Å². The fourth-order valence-electron chi connectivity index (χ4n) is 3.16. The van der Waals surface area contributed by atoms with Gasteiger partial charge in [-0.1, -0.05) is 24.3 Å². The molecule has 2 aromatic carbocycles. The number of hydrogen-bond acceptors (Lipinski definition) is 2. The van der Waals surface area contributed by atoms with Crippen LogP contribution in [0.3, 0.4) is 0 Å². The summed E-state index contributed by atoms with van der Waals surface area (Å²) in [5.74, 6) is 0.111. The molecule has 0 spiro atoms. The van der Waals surface area contributed by atoms with Gasteiger partial charge in [0.1, 0.15) is 0 Å². The number of carbonyl (C=O) groups is 1. The lowest BCUT2D eigenvalue weighted by molar-refractivity contribution is 0.0710. The van der Waals surface area contributed by atoms with Crippen LogP contribution in [0.4, 0.5) is 5.69 Å². The molecular weight excluding hydrogens is 342 g/mol. The summed E-state index contributed by atoms with van der Waals surface area (Å²) in [4.78, 5) is 14.4. The third-order valence-electron chi connectivity index (χ3n) is 4.90. The van der Waals surface area contributed by atoms with Crippen LogP contribution in [0, 0.1) is 13.8 Å². The van der Waals surface area contributed by atoms with Crippen molar-refractivity contribution in [3.63, 3.8) is 0 Å². The number of benzene rings is 2. The molecule has 1 saturated heterocycles. The average Bonchev–Trinajstić information content (AvgIpc) is 2.65. The highest BCUT2D eigenvalue weighted by Gasteiger charge is 2.23. The lowest BCUT2D eigenvalue weighted by Gasteiger charge is -2.33. The summed E-state index contributed by atoms with van der Waals surface area (Å²) in [6.07, 6.45) is 1.79. The summed E-state index contributed by atoms with van der Waals surface area (Å²) < 4.78 is 0. The molecule has 4 nitrogen and oxygen atoms in total. The lowest BCUT2D eigenvalue weighted by Crippen LogP contribution is -2.47. The maximum absolute atomic E-state index is 12.5. The number of amides is 1. The minimum absolute atomic E-state index is 0.111.